The van der Waals surface area contributed by atoms with Crippen molar-refractivity contribution in [2.45, 2.75) is 38.5 Å². The molecule has 1 aliphatic heterocycles. The zero-order valence-corrected chi connectivity index (χ0v) is 20.0. The zero-order valence-electron chi connectivity index (χ0n) is 19.2. The highest BCUT2D eigenvalue weighted by atomic mass is 32.2. The summed E-state index contributed by atoms with van der Waals surface area (Å²) < 4.78 is 39.2. The summed E-state index contributed by atoms with van der Waals surface area (Å²) in [5.74, 6) is 1.47. The van der Waals surface area contributed by atoms with Crippen molar-refractivity contribution in [3.05, 3.63) is 53.1 Å². The van der Waals surface area contributed by atoms with Crippen molar-refractivity contribution in [2.75, 3.05) is 33.4 Å². The lowest BCUT2D eigenvalue weighted by atomic mass is 9.98. The third kappa shape index (κ3) is 5.81. The molecule has 1 saturated heterocycles. The highest BCUT2D eigenvalue weighted by molar-refractivity contribution is 7.89. The Morgan fingerprint density at radius 2 is 1.78 bits per heavy atom. The van der Waals surface area contributed by atoms with Crippen LogP contribution >= 0.6 is 0 Å². The minimum Gasteiger partial charge on any atom is -0.496 e. The number of carbonyl (C=O) groups is 1. The minimum atomic E-state index is -3.81. The topological polar surface area (TPSA) is 84.9 Å². The summed E-state index contributed by atoms with van der Waals surface area (Å²) >= 11 is 0. The van der Waals surface area contributed by atoms with Crippen LogP contribution in [0.1, 0.15) is 41.3 Å². The van der Waals surface area contributed by atoms with Gasteiger partial charge in [0.1, 0.15) is 18.1 Å². The van der Waals surface area contributed by atoms with Gasteiger partial charge in [0.15, 0.2) is 0 Å². The van der Waals surface area contributed by atoms with Crippen molar-refractivity contribution in [2.24, 2.45) is 5.92 Å². The number of methoxy groups -OCH3 is 1. The molecule has 0 spiro atoms. The Kier molecular flexibility index (Phi) is 7.79. The maximum Gasteiger partial charge on any atom is 0.257 e. The Bertz CT molecular complexity index is 1060. The second-order valence-electron chi connectivity index (χ2n) is 8.35. The van der Waals surface area contributed by atoms with E-state index in [2.05, 4.69) is 11.6 Å². The molecule has 32 heavy (non-hydrogen) atoms. The van der Waals surface area contributed by atoms with Gasteiger partial charge < -0.3 is 14.4 Å². The summed E-state index contributed by atoms with van der Waals surface area (Å²) in [6.07, 6.45) is 1.88. The number of nitrogens with zero attached hydrogens (tertiary/aromatic N) is 1. The second kappa shape index (κ2) is 10.4. The number of likely N-dealkylation sites (tertiary alicyclic amines) is 1. The lowest BCUT2D eigenvalue weighted by molar-refractivity contribution is 0.0693. The largest absolute Gasteiger partial charge is 0.496 e. The molecule has 174 valence electrons. The number of nitrogens with one attached hydrogen (secondary N) is 1. The molecule has 0 aromatic heterocycles. The first-order chi connectivity index (χ1) is 15.2. The average molecular weight is 461 g/mol. The van der Waals surface area contributed by atoms with Crippen molar-refractivity contribution in [1.29, 1.82) is 0 Å². The molecule has 1 heterocycles. The van der Waals surface area contributed by atoms with Crippen LogP contribution in [-0.4, -0.2) is 52.6 Å². The van der Waals surface area contributed by atoms with Crippen LogP contribution in [0.3, 0.4) is 0 Å². The summed E-state index contributed by atoms with van der Waals surface area (Å²) in [6, 6.07) is 10.2. The van der Waals surface area contributed by atoms with Gasteiger partial charge in [-0.3, -0.25) is 4.79 Å². The van der Waals surface area contributed by atoms with E-state index < -0.39 is 10.0 Å². The van der Waals surface area contributed by atoms with Crippen LogP contribution < -0.4 is 14.2 Å². The van der Waals surface area contributed by atoms with Crippen LogP contribution in [0.15, 0.2) is 41.3 Å². The van der Waals surface area contributed by atoms with E-state index >= 15 is 0 Å². The molecule has 0 atom stereocenters. The predicted molar refractivity (Wildman–Crippen MR) is 124 cm³/mol. The van der Waals surface area contributed by atoms with Gasteiger partial charge in [0.05, 0.1) is 17.6 Å². The molecule has 0 aliphatic carbocycles. The highest BCUT2D eigenvalue weighted by Gasteiger charge is 2.26. The molecule has 2 aromatic carbocycles. The van der Waals surface area contributed by atoms with Gasteiger partial charge in [-0.25, -0.2) is 13.1 Å². The van der Waals surface area contributed by atoms with Crippen LogP contribution in [0, 0.1) is 19.8 Å². The second-order valence-corrected chi connectivity index (χ2v) is 10.1. The van der Waals surface area contributed by atoms with E-state index in [1.54, 1.807) is 4.90 Å². The normalized spacial score (nSPS) is 14.9. The van der Waals surface area contributed by atoms with Gasteiger partial charge in [-0.1, -0.05) is 24.6 Å². The van der Waals surface area contributed by atoms with Crippen molar-refractivity contribution >= 4 is 15.9 Å². The van der Waals surface area contributed by atoms with E-state index in [0.29, 0.717) is 24.8 Å². The van der Waals surface area contributed by atoms with E-state index in [0.717, 1.165) is 29.7 Å². The van der Waals surface area contributed by atoms with Crippen LogP contribution in [-0.2, 0) is 10.0 Å². The van der Waals surface area contributed by atoms with Gasteiger partial charge in [0, 0.05) is 19.6 Å². The number of ether oxygens (including phenoxy) is 2. The molecule has 0 bridgehead atoms. The summed E-state index contributed by atoms with van der Waals surface area (Å²) in [6.45, 7) is 7.75. The molecule has 0 radical (unpaired) electrons. The van der Waals surface area contributed by atoms with Crippen molar-refractivity contribution in [3.63, 3.8) is 0 Å². The van der Waals surface area contributed by atoms with Gasteiger partial charge in [-0.2, -0.15) is 0 Å². The van der Waals surface area contributed by atoms with Gasteiger partial charge >= 0.3 is 0 Å². The first-order valence-electron chi connectivity index (χ1n) is 10.9. The van der Waals surface area contributed by atoms with E-state index in [1.807, 2.05) is 32.0 Å². The molecule has 0 saturated carbocycles. The molecule has 1 aliphatic rings. The fraction of sp³-hybridized carbons (Fsp3) is 0.458. The van der Waals surface area contributed by atoms with Gasteiger partial charge in [0.2, 0.25) is 10.0 Å². The molecule has 3 rings (SSSR count). The fourth-order valence-electron chi connectivity index (χ4n) is 3.79. The smallest absolute Gasteiger partial charge is 0.257 e. The van der Waals surface area contributed by atoms with Crippen molar-refractivity contribution in [3.8, 4) is 11.5 Å². The van der Waals surface area contributed by atoms with Crippen LogP contribution in [0.4, 0.5) is 0 Å². The summed E-state index contributed by atoms with van der Waals surface area (Å²) in [7, 11) is -2.33. The molecule has 2 aromatic rings. The Balaban J connectivity index is 1.67. The number of benzene rings is 2. The van der Waals surface area contributed by atoms with Gasteiger partial charge in [-0.15, -0.1) is 0 Å². The molecular formula is C24H32N2O5S. The molecule has 8 heteroatoms. The first kappa shape index (κ1) is 24.1. The first-order valence-corrected chi connectivity index (χ1v) is 12.4. The molecule has 1 fully saturated rings. The monoisotopic (exact) mass is 460 g/mol. The van der Waals surface area contributed by atoms with Crippen LogP contribution in [0.25, 0.3) is 0 Å². The highest BCUT2D eigenvalue weighted by Crippen LogP contribution is 2.26. The predicted octanol–water partition coefficient (Wildman–Crippen LogP) is 3.54. The van der Waals surface area contributed by atoms with Crippen molar-refractivity contribution < 1.29 is 22.7 Å². The average Bonchev–Trinajstić information content (AvgIpc) is 2.77. The Morgan fingerprint density at radius 1 is 1.09 bits per heavy atom. The molecular weight excluding hydrogens is 428 g/mol. The van der Waals surface area contributed by atoms with E-state index in [-0.39, 0.29) is 29.5 Å². The molecule has 1 N–H and O–H groups in total. The fourth-order valence-corrected chi connectivity index (χ4v) is 4.82. The summed E-state index contributed by atoms with van der Waals surface area (Å²) in [4.78, 5) is 14.8. The quantitative estimate of drug-likeness (QED) is 0.609. The zero-order chi connectivity index (χ0) is 23.3. The minimum absolute atomic E-state index is 0.0264. The third-order valence-corrected chi connectivity index (χ3v) is 7.22. The van der Waals surface area contributed by atoms with Crippen molar-refractivity contribution in [1.82, 2.24) is 9.62 Å². The number of piperidine rings is 1. The van der Waals surface area contributed by atoms with Gasteiger partial charge in [-0.05, 0) is 62.4 Å². The maximum absolute atomic E-state index is 13.0. The standard InChI is InChI=1S/C24H32N2O5S/c1-17-9-12-26(13-10-17)24(27)21-16-20(6-8-23(21)30-4)32(28,29)25-11-14-31-22-7-5-18(2)15-19(22)3/h5-8,15-17,25H,9-14H2,1-4H3. The number of rotatable bonds is 8. The Labute approximate surface area is 190 Å². The molecule has 0 unspecified atom stereocenters. The molecule has 1 amide bonds. The van der Waals surface area contributed by atoms with Gasteiger partial charge in [0.25, 0.3) is 5.91 Å². The number of hydrogen-bond donors (Lipinski definition) is 1. The lowest BCUT2D eigenvalue weighted by Crippen LogP contribution is -2.38. The lowest BCUT2D eigenvalue weighted by Gasteiger charge is -2.30. The van der Waals surface area contributed by atoms with E-state index in [9.17, 15) is 13.2 Å². The number of hydrogen-bond acceptors (Lipinski definition) is 5. The SMILES string of the molecule is COc1ccc(S(=O)(=O)NCCOc2ccc(C)cc2C)cc1C(=O)N1CCC(C)CC1. The number of sulfonamides is 1. The third-order valence-electron chi connectivity index (χ3n) is 5.76. The summed E-state index contributed by atoms with van der Waals surface area (Å²) in [5.41, 5.74) is 2.40. The number of aryl methyl sites for hydroxylation is 2. The summed E-state index contributed by atoms with van der Waals surface area (Å²) in [5, 5.41) is 0. The van der Waals surface area contributed by atoms with E-state index in [4.69, 9.17) is 9.47 Å². The van der Waals surface area contributed by atoms with Crippen LogP contribution in [0.5, 0.6) is 11.5 Å². The Hall–Kier alpha value is -2.58. The van der Waals surface area contributed by atoms with Crippen LogP contribution in [0.2, 0.25) is 0 Å². The number of amides is 1. The van der Waals surface area contributed by atoms with E-state index in [1.165, 1.54) is 25.3 Å². The Morgan fingerprint density at radius 3 is 2.44 bits per heavy atom. The molecule has 7 nitrogen and oxygen atoms in total. The maximum atomic E-state index is 13.0. The number of carbonyl (C=O) groups excluding carboxylic acids is 1.